The van der Waals surface area contributed by atoms with Gasteiger partial charge in [-0.3, -0.25) is 14.7 Å². The van der Waals surface area contributed by atoms with Gasteiger partial charge in [-0.15, -0.1) is 0 Å². The molecule has 0 aliphatic carbocycles. The molecule has 0 aromatic carbocycles. The molecule has 86 valence electrons. The minimum atomic E-state index is -1.02. The summed E-state index contributed by atoms with van der Waals surface area (Å²) >= 11 is 0. The van der Waals surface area contributed by atoms with Crippen molar-refractivity contribution in [3.05, 3.63) is 44.5 Å². The highest BCUT2D eigenvalue weighted by atomic mass is 16.4. The van der Waals surface area contributed by atoms with Crippen LogP contribution in [0.5, 0.6) is 0 Å². The number of H-pyrrole nitrogens is 1. The molecular formula is C10H12N2O4. The fourth-order valence-corrected chi connectivity index (χ4v) is 1.18. The Bertz CT molecular complexity index is 524. The molecule has 0 saturated heterocycles. The number of aromatic nitrogens is 2. The summed E-state index contributed by atoms with van der Waals surface area (Å²) in [6, 6.07) is 2.26. The summed E-state index contributed by atoms with van der Waals surface area (Å²) < 4.78 is 1.06. The van der Waals surface area contributed by atoms with Gasteiger partial charge in [0.05, 0.1) is 6.54 Å². The Kier molecular flexibility index (Phi) is 3.82. The molecule has 0 atom stereocenters. The third kappa shape index (κ3) is 2.94. The third-order valence-corrected chi connectivity index (χ3v) is 2.06. The molecule has 0 saturated carbocycles. The van der Waals surface area contributed by atoms with Crippen LogP contribution in [0, 0.1) is 0 Å². The van der Waals surface area contributed by atoms with Gasteiger partial charge >= 0.3 is 5.97 Å². The molecule has 2 N–H and O–H groups in total. The second-order valence-electron chi connectivity index (χ2n) is 3.15. The monoisotopic (exact) mass is 224 g/mol. The highest BCUT2D eigenvalue weighted by Crippen LogP contribution is 2.00. The Morgan fingerprint density at radius 2 is 2.19 bits per heavy atom. The van der Waals surface area contributed by atoms with Gasteiger partial charge in [-0.05, 0) is 6.42 Å². The lowest BCUT2D eigenvalue weighted by molar-refractivity contribution is -0.132. The van der Waals surface area contributed by atoms with E-state index >= 15 is 0 Å². The molecule has 1 aromatic heterocycles. The number of hydrogen-bond acceptors (Lipinski definition) is 3. The van der Waals surface area contributed by atoms with Gasteiger partial charge in [0, 0.05) is 17.7 Å². The van der Waals surface area contributed by atoms with Crippen molar-refractivity contribution in [3.8, 4) is 0 Å². The summed E-state index contributed by atoms with van der Waals surface area (Å²) in [5, 5.41) is 11.1. The number of aliphatic carboxylic acids is 1. The molecular weight excluding hydrogens is 212 g/mol. The molecule has 0 aliphatic heterocycles. The zero-order valence-corrected chi connectivity index (χ0v) is 8.77. The lowest BCUT2D eigenvalue weighted by Crippen LogP contribution is -2.27. The maximum absolute atomic E-state index is 11.3. The first kappa shape index (κ1) is 12.0. The number of aromatic amines is 1. The molecule has 6 heteroatoms. The SMILES string of the molecule is CCC(=CCn1[nH]c(=O)ccc1=O)C(=O)O. The van der Waals surface area contributed by atoms with E-state index in [0.29, 0.717) is 6.42 Å². The number of nitrogens with one attached hydrogen (secondary N) is 1. The van der Waals surface area contributed by atoms with Crippen LogP contribution in [-0.2, 0) is 11.3 Å². The van der Waals surface area contributed by atoms with Crippen molar-refractivity contribution in [1.29, 1.82) is 0 Å². The Labute approximate surface area is 90.8 Å². The van der Waals surface area contributed by atoms with E-state index in [-0.39, 0.29) is 17.7 Å². The number of hydrogen-bond donors (Lipinski definition) is 2. The largest absolute Gasteiger partial charge is 0.478 e. The van der Waals surface area contributed by atoms with Crippen molar-refractivity contribution in [2.45, 2.75) is 19.9 Å². The zero-order valence-electron chi connectivity index (χ0n) is 8.77. The predicted octanol–water partition coefficient (Wildman–Crippen LogP) is -0.0424. The summed E-state index contributed by atoms with van der Waals surface area (Å²) in [7, 11) is 0. The Hall–Kier alpha value is -2.11. The van der Waals surface area contributed by atoms with Gasteiger partial charge < -0.3 is 5.11 Å². The molecule has 0 unspecified atom stereocenters. The van der Waals surface area contributed by atoms with Gasteiger partial charge in [-0.1, -0.05) is 13.0 Å². The second-order valence-corrected chi connectivity index (χ2v) is 3.15. The third-order valence-electron chi connectivity index (χ3n) is 2.06. The minimum absolute atomic E-state index is 0.0460. The summed E-state index contributed by atoms with van der Waals surface area (Å²) in [6.45, 7) is 1.75. The van der Waals surface area contributed by atoms with E-state index in [4.69, 9.17) is 5.11 Å². The van der Waals surface area contributed by atoms with E-state index in [0.717, 1.165) is 16.8 Å². The van der Waals surface area contributed by atoms with Crippen LogP contribution in [0.3, 0.4) is 0 Å². The van der Waals surface area contributed by atoms with Crippen LogP contribution in [-0.4, -0.2) is 20.9 Å². The average Bonchev–Trinajstić information content (AvgIpc) is 2.23. The molecule has 16 heavy (non-hydrogen) atoms. The molecule has 0 radical (unpaired) electrons. The molecule has 1 aromatic rings. The smallest absolute Gasteiger partial charge is 0.331 e. The highest BCUT2D eigenvalue weighted by Gasteiger charge is 2.03. The normalized spacial score (nSPS) is 11.4. The maximum atomic E-state index is 11.3. The van der Waals surface area contributed by atoms with E-state index in [9.17, 15) is 14.4 Å². The molecule has 0 spiro atoms. The van der Waals surface area contributed by atoms with E-state index in [1.54, 1.807) is 6.92 Å². The quantitative estimate of drug-likeness (QED) is 0.702. The molecule has 0 bridgehead atoms. The van der Waals surface area contributed by atoms with Crippen molar-refractivity contribution in [1.82, 2.24) is 9.78 Å². The fraction of sp³-hybridized carbons (Fsp3) is 0.300. The van der Waals surface area contributed by atoms with Crippen LogP contribution in [0.15, 0.2) is 33.4 Å². The Balaban J connectivity index is 2.97. The molecule has 0 fully saturated rings. The van der Waals surface area contributed by atoms with Gasteiger partial charge in [-0.2, -0.15) is 0 Å². The van der Waals surface area contributed by atoms with Crippen LogP contribution in [0.4, 0.5) is 0 Å². The predicted molar refractivity (Wildman–Crippen MR) is 57.3 cm³/mol. The van der Waals surface area contributed by atoms with Crippen LogP contribution in [0.25, 0.3) is 0 Å². The second kappa shape index (κ2) is 5.11. The Morgan fingerprint density at radius 3 is 2.75 bits per heavy atom. The lowest BCUT2D eigenvalue weighted by Gasteiger charge is -2.01. The van der Waals surface area contributed by atoms with E-state index < -0.39 is 11.5 Å². The zero-order chi connectivity index (χ0) is 12.1. The van der Waals surface area contributed by atoms with Crippen molar-refractivity contribution in [3.63, 3.8) is 0 Å². The summed E-state index contributed by atoms with van der Waals surface area (Å²) in [6.07, 6.45) is 1.76. The summed E-state index contributed by atoms with van der Waals surface area (Å²) in [5.74, 6) is -1.02. The van der Waals surface area contributed by atoms with E-state index in [2.05, 4.69) is 5.10 Å². The topological polar surface area (TPSA) is 92.2 Å². The number of rotatable bonds is 4. The first-order valence-electron chi connectivity index (χ1n) is 4.77. The molecule has 1 rings (SSSR count). The van der Waals surface area contributed by atoms with Crippen LogP contribution in [0.2, 0.25) is 0 Å². The van der Waals surface area contributed by atoms with Crippen molar-refractivity contribution in [2.75, 3.05) is 0 Å². The lowest BCUT2D eigenvalue weighted by atomic mass is 10.2. The highest BCUT2D eigenvalue weighted by molar-refractivity contribution is 5.86. The fourth-order valence-electron chi connectivity index (χ4n) is 1.18. The van der Waals surface area contributed by atoms with Crippen LogP contribution < -0.4 is 11.1 Å². The molecule has 0 amide bonds. The molecule has 6 nitrogen and oxygen atoms in total. The first-order chi connectivity index (χ1) is 7.54. The molecule has 1 heterocycles. The standard InChI is InChI=1S/C10H12N2O4/c1-2-7(10(15)16)5-6-12-9(14)4-3-8(13)11-12/h3-5H,2,6H2,1H3,(H,11,13)(H,15,16). The van der Waals surface area contributed by atoms with Crippen molar-refractivity contribution < 1.29 is 9.90 Å². The van der Waals surface area contributed by atoms with Crippen LogP contribution in [0.1, 0.15) is 13.3 Å². The summed E-state index contributed by atoms with van der Waals surface area (Å²) in [5.41, 5.74) is -0.574. The van der Waals surface area contributed by atoms with Gasteiger partial charge in [0.15, 0.2) is 0 Å². The number of allylic oxidation sites excluding steroid dienone is 1. The number of nitrogens with zero attached hydrogens (tertiary/aromatic N) is 1. The van der Waals surface area contributed by atoms with Crippen molar-refractivity contribution >= 4 is 5.97 Å². The van der Waals surface area contributed by atoms with Gasteiger partial charge in [-0.25, -0.2) is 9.48 Å². The number of carboxylic acid groups (broad SMARTS) is 1. The van der Waals surface area contributed by atoms with E-state index in [1.165, 1.54) is 6.08 Å². The van der Waals surface area contributed by atoms with Gasteiger partial charge in [0.25, 0.3) is 11.1 Å². The average molecular weight is 224 g/mol. The van der Waals surface area contributed by atoms with Gasteiger partial charge in [0.1, 0.15) is 0 Å². The molecule has 0 aliphatic rings. The first-order valence-corrected chi connectivity index (χ1v) is 4.77. The maximum Gasteiger partial charge on any atom is 0.331 e. The Morgan fingerprint density at radius 1 is 1.50 bits per heavy atom. The summed E-state index contributed by atoms with van der Waals surface area (Å²) in [4.78, 5) is 32.9. The number of carbonyl (C=O) groups is 1. The van der Waals surface area contributed by atoms with Gasteiger partial charge in [0.2, 0.25) is 0 Å². The van der Waals surface area contributed by atoms with E-state index in [1.807, 2.05) is 0 Å². The van der Waals surface area contributed by atoms with Crippen LogP contribution >= 0.6 is 0 Å². The minimum Gasteiger partial charge on any atom is -0.478 e. The van der Waals surface area contributed by atoms with Crippen molar-refractivity contribution in [2.24, 2.45) is 0 Å². The number of carboxylic acids is 1.